The fraction of sp³-hybridized carbons (Fsp3) is 0.176. The van der Waals surface area contributed by atoms with Crippen LogP contribution in [0.25, 0.3) is 6.08 Å². The predicted molar refractivity (Wildman–Crippen MR) is 88.3 cm³/mol. The van der Waals surface area contributed by atoms with E-state index in [1.807, 2.05) is 18.2 Å². The molecule has 7 heteroatoms. The zero-order chi connectivity index (χ0) is 17.4. The van der Waals surface area contributed by atoms with E-state index in [1.54, 1.807) is 12.3 Å². The van der Waals surface area contributed by atoms with Gasteiger partial charge < -0.3 is 5.32 Å². The lowest BCUT2D eigenvalue weighted by atomic mass is 10.2. The number of hydrogen-bond acceptors (Lipinski definition) is 3. The summed E-state index contributed by atoms with van der Waals surface area (Å²) in [6.45, 7) is 0.460. The maximum absolute atomic E-state index is 12.2. The van der Waals surface area contributed by atoms with E-state index >= 15 is 0 Å². The molecule has 1 aromatic carbocycles. The van der Waals surface area contributed by atoms with Crippen LogP contribution in [0.1, 0.15) is 11.3 Å². The van der Waals surface area contributed by atoms with E-state index in [0.29, 0.717) is 18.5 Å². The number of rotatable bonds is 6. The highest BCUT2D eigenvalue weighted by Crippen LogP contribution is 2.36. The van der Waals surface area contributed by atoms with Crippen LogP contribution >= 0.6 is 11.8 Å². The Labute approximate surface area is 142 Å². The second-order valence-electron chi connectivity index (χ2n) is 4.81. The van der Waals surface area contributed by atoms with Crippen LogP contribution in [0.15, 0.2) is 59.6 Å². The smallest absolute Gasteiger partial charge is 0.352 e. The molecular formula is C17H15F3N2OS. The molecule has 126 valence electrons. The number of nitrogens with zero attached hydrogens (tertiary/aromatic N) is 1. The van der Waals surface area contributed by atoms with Crippen LogP contribution in [0.3, 0.4) is 0 Å². The van der Waals surface area contributed by atoms with E-state index < -0.39 is 5.51 Å². The molecule has 0 saturated carbocycles. The van der Waals surface area contributed by atoms with Gasteiger partial charge in [-0.25, -0.2) is 0 Å². The fourth-order valence-corrected chi connectivity index (χ4v) is 2.41. The van der Waals surface area contributed by atoms with Gasteiger partial charge in [0.1, 0.15) is 0 Å². The summed E-state index contributed by atoms with van der Waals surface area (Å²) in [6.07, 6.45) is 5.23. The maximum Gasteiger partial charge on any atom is 0.446 e. The van der Waals surface area contributed by atoms with E-state index in [1.165, 1.54) is 30.3 Å². The number of thioether (sulfide) groups is 1. The summed E-state index contributed by atoms with van der Waals surface area (Å²) in [5.41, 5.74) is -2.76. The molecule has 0 saturated heterocycles. The molecule has 2 aromatic rings. The summed E-state index contributed by atoms with van der Waals surface area (Å²) in [6, 6.07) is 11.4. The van der Waals surface area contributed by atoms with Crippen LogP contribution in [0, 0.1) is 0 Å². The molecule has 1 heterocycles. The topological polar surface area (TPSA) is 42.0 Å². The molecule has 0 radical (unpaired) electrons. The summed E-state index contributed by atoms with van der Waals surface area (Å²) in [7, 11) is 0. The number of carbonyl (C=O) groups is 1. The largest absolute Gasteiger partial charge is 0.446 e. The highest BCUT2D eigenvalue weighted by atomic mass is 32.2. The lowest BCUT2D eigenvalue weighted by Crippen LogP contribution is -2.23. The van der Waals surface area contributed by atoms with Gasteiger partial charge in [-0.15, -0.1) is 0 Å². The molecule has 1 aromatic heterocycles. The molecule has 0 aliphatic rings. The standard InChI is InChI=1S/C17H15F3N2OS/c18-17(19,20)24-15-7-4-13(5-8-15)6-9-16(23)22-12-10-14-3-1-2-11-21-14/h1-9,11H,10,12H2,(H,22,23)/b9-6+. The molecule has 0 fully saturated rings. The van der Waals surface area contributed by atoms with Crippen molar-refractivity contribution in [2.75, 3.05) is 6.54 Å². The van der Waals surface area contributed by atoms with Gasteiger partial charge in [-0.1, -0.05) is 18.2 Å². The second kappa shape index (κ2) is 8.54. The van der Waals surface area contributed by atoms with E-state index in [2.05, 4.69) is 10.3 Å². The maximum atomic E-state index is 12.2. The van der Waals surface area contributed by atoms with Crippen LogP contribution in [-0.2, 0) is 11.2 Å². The molecule has 0 spiro atoms. The first kappa shape index (κ1) is 18.1. The number of aromatic nitrogens is 1. The van der Waals surface area contributed by atoms with Crippen molar-refractivity contribution in [3.8, 4) is 0 Å². The minimum absolute atomic E-state index is 0.111. The number of benzene rings is 1. The van der Waals surface area contributed by atoms with Gasteiger partial charge in [0.05, 0.1) is 0 Å². The highest BCUT2D eigenvalue weighted by Gasteiger charge is 2.28. The molecule has 1 N–H and O–H groups in total. The summed E-state index contributed by atoms with van der Waals surface area (Å²) in [5.74, 6) is -0.264. The number of nitrogens with one attached hydrogen (secondary N) is 1. The van der Waals surface area contributed by atoms with Crippen LogP contribution < -0.4 is 5.32 Å². The molecule has 2 rings (SSSR count). The number of halogens is 3. The average Bonchev–Trinajstić information content (AvgIpc) is 2.54. The third-order valence-electron chi connectivity index (χ3n) is 2.95. The SMILES string of the molecule is O=C(/C=C/c1ccc(SC(F)(F)F)cc1)NCCc1ccccn1. The van der Waals surface area contributed by atoms with Crippen molar-refractivity contribution < 1.29 is 18.0 Å². The van der Waals surface area contributed by atoms with Crippen LogP contribution in [0.4, 0.5) is 13.2 Å². The van der Waals surface area contributed by atoms with Gasteiger partial charge in [0.25, 0.3) is 0 Å². The number of amides is 1. The van der Waals surface area contributed by atoms with Crippen molar-refractivity contribution in [1.82, 2.24) is 10.3 Å². The van der Waals surface area contributed by atoms with Gasteiger partial charge in [-0.05, 0) is 47.7 Å². The molecule has 1 amide bonds. The Kier molecular flexibility index (Phi) is 6.43. The lowest BCUT2D eigenvalue weighted by Gasteiger charge is -2.05. The molecule has 0 aliphatic heterocycles. The van der Waals surface area contributed by atoms with Gasteiger partial charge >= 0.3 is 5.51 Å². The van der Waals surface area contributed by atoms with Gasteiger partial charge in [0.2, 0.25) is 5.91 Å². The summed E-state index contributed by atoms with van der Waals surface area (Å²) in [4.78, 5) is 16.0. The monoisotopic (exact) mass is 352 g/mol. The molecule has 0 bridgehead atoms. The first-order valence-corrected chi connectivity index (χ1v) is 7.96. The van der Waals surface area contributed by atoms with Gasteiger partial charge in [0, 0.05) is 35.8 Å². The minimum Gasteiger partial charge on any atom is -0.352 e. The Morgan fingerprint density at radius 1 is 1.17 bits per heavy atom. The number of hydrogen-bond donors (Lipinski definition) is 1. The third-order valence-corrected chi connectivity index (χ3v) is 3.69. The van der Waals surface area contributed by atoms with Crippen LogP contribution in [0.5, 0.6) is 0 Å². The predicted octanol–water partition coefficient (Wildman–Crippen LogP) is 4.07. The van der Waals surface area contributed by atoms with Crippen molar-refractivity contribution in [3.05, 3.63) is 66.0 Å². The number of alkyl halides is 3. The van der Waals surface area contributed by atoms with Crippen LogP contribution in [-0.4, -0.2) is 22.9 Å². The zero-order valence-electron chi connectivity index (χ0n) is 12.6. The van der Waals surface area contributed by atoms with Crippen molar-refractivity contribution in [3.63, 3.8) is 0 Å². The molecule has 3 nitrogen and oxygen atoms in total. The van der Waals surface area contributed by atoms with E-state index in [9.17, 15) is 18.0 Å². The second-order valence-corrected chi connectivity index (χ2v) is 5.95. The molecule has 0 atom stereocenters. The minimum atomic E-state index is -4.30. The molecule has 0 unspecified atom stereocenters. The van der Waals surface area contributed by atoms with Gasteiger partial charge in [-0.3, -0.25) is 9.78 Å². The van der Waals surface area contributed by atoms with Gasteiger partial charge in [-0.2, -0.15) is 13.2 Å². The molecule has 24 heavy (non-hydrogen) atoms. The number of carbonyl (C=O) groups excluding carboxylic acids is 1. The van der Waals surface area contributed by atoms with Crippen LogP contribution in [0.2, 0.25) is 0 Å². The Bertz CT molecular complexity index is 685. The summed E-state index contributed by atoms with van der Waals surface area (Å²) >= 11 is -0.166. The average molecular weight is 352 g/mol. The zero-order valence-corrected chi connectivity index (χ0v) is 13.4. The fourth-order valence-electron chi connectivity index (χ4n) is 1.87. The Morgan fingerprint density at radius 2 is 1.92 bits per heavy atom. The van der Waals surface area contributed by atoms with E-state index in [0.717, 1.165) is 5.69 Å². The summed E-state index contributed by atoms with van der Waals surface area (Å²) < 4.78 is 36.7. The lowest BCUT2D eigenvalue weighted by molar-refractivity contribution is -0.116. The Balaban J connectivity index is 1.78. The molecular weight excluding hydrogens is 337 g/mol. The third kappa shape index (κ3) is 6.87. The first-order chi connectivity index (χ1) is 11.4. The normalized spacial score (nSPS) is 11.6. The van der Waals surface area contributed by atoms with E-state index in [-0.39, 0.29) is 22.6 Å². The Hall–Kier alpha value is -2.28. The van der Waals surface area contributed by atoms with Crippen molar-refractivity contribution in [1.29, 1.82) is 0 Å². The van der Waals surface area contributed by atoms with Crippen molar-refractivity contribution >= 4 is 23.7 Å². The van der Waals surface area contributed by atoms with Crippen molar-refractivity contribution in [2.24, 2.45) is 0 Å². The van der Waals surface area contributed by atoms with Crippen molar-refractivity contribution in [2.45, 2.75) is 16.8 Å². The van der Waals surface area contributed by atoms with Gasteiger partial charge in [0.15, 0.2) is 0 Å². The number of pyridine rings is 1. The molecule has 0 aliphatic carbocycles. The van der Waals surface area contributed by atoms with E-state index in [4.69, 9.17) is 0 Å². The first-order valence-electron chi connectivity index (χ1n) is 7.14. The quantitative estimate of drug-likeness (QED) is 0.630. The Morgan fingerprint density at radius 3 is 2.54 bits per heavy atom. The highest BCUT2D eigenvalue weighted by molar-refractivity contribution is 8.00. The summed E-state index contributed by atoms with van der Waals surface area (Å²) in [5, 5.41) is 2.73.